The highest BCUT2D eigenvalue weighted by atomic mass is 19.4. The quantitative estimate of drug-likeness (QED) is 0.379. The number of anilines is 2. The molecule has 11 heteroatoms. The van der Waals surface area contributed by atoms with E-state index in [1.807, 2.05) is 0 Å². The molecule has 3 aromatic heterocycles. The smallest absolute Gasteiger partial charge is 0.395 e. The predicted molar refractivity (Wildman–Crippen MR) is 120 cm³/mol. The van der Waals surface area contributed by atoms with Gasteiger partial charge in [-0.2, -0.15) is 18.3 Å². The Kier molecular flexibility index (Phi) is 6.55. The van der Waals surface area contributed by atoms with Crippen LogP contribution in [0.25, 0.3) is 16.9 Å². The number of nitrogens with zero attached hydrogens (tertiary/aromatic N) is 4. The molecule has 174 valence electrons. The van der Waals surface area contributed by atoms with E-state index in [4.69, 9.17) is 5.11 Å². The van der Waals surface area contributed by atoms with E-state index < -0.39 is 17.8 Å². The lowest BCUT2D eigenvalue weighted by Crippen LogP contribution is -2.14. The molecule has 0 radical (unpaired) electrons. The lowest BCUT2D eigenvalue weighted by molar-refractivity contribution is -0.142. The van der Waals surface area contributed by atoms with Crippen molar-refractivity contribution in [2.45, 2.75) is 6.18 Å². The van der Waals surface area contributed by atoms with Crippen LogP contribution in [0.3, 0.4) is 0 Å². The Balaban J connectivity index is 1.56. The molecule has 0 aliphatic rings. The average Bonchev–Trinajstić information content (AvgIpc) is 3.30. The number of halogens is 3. The molecule has 0 saturated heterocycles. The van der Waals surface area contributed by atoms with Gasteiger partial charge in [0.25, 0.3) is 5.91 Å². The van der Waals surface area contributed by atoms with Crippen LogP contribution < -0.4 is 10.6 Å². The Morgan fingerprint density at radius 3 is 2.53 bits per heavy atom. The summed E-state index contributed by atoms with van der Waals surface area (Å²) in [6.07, 6.45) is -0.205. The van der Waals surface area contributed by atoms with E-state index >= 15 is 0 Å². The van der Waals surface area contributed by atoms with Crippen LogP contribution in [0, 0.1) is 0 Å². The van der Waals surface area contributed by atoms with E-state index in [2.05, 4.69) is 25.7 Å². The minimum Gasteiger partial charge on any atom is -0.395 e. The molecule has 4 rings (SSSR count). The lowest BCUT2D eigenvalue weighted by atomic mass is 10.2. The van der Waals surface area contributed by atoms with Gasteiger partial charge in [-0.1, -0.05) is 0 Å². The molecule has 0 fully saturated rings. The number of benzene rings is 1. The van der Waals surface area contributed by atoms with Crippen LogP contribution in [-0.2, 0) is 6.18 Å². The fourth-order valence-corrected chi connectivity index (χ4v) is 3.18. The number of amides is 1. The highest BCUT2D eigenvalue weighted by molar-refractivity contribution is 6.04. The van der Waals surface area contributed by atoms with Crippen molar-refractivity contribution in [1.82, 2.24) is 19.7 Å². The largest absolute Gasteiger partial charge is 0.433 e. The van der Waals surface area contributed by atoms with Gasteiger partial charge in [0.2, 0.25) is 0 Å². The molecule has 0 aliphatic heterocycles. The zero-order chi connectivity index (χ0) is 24.1. The summed E-state index contributed by atoms with van der Waals surface area (Å²) in [6.45, 7) is 0.204. The van der Waals surface area contributed by atoms with Crippen LogP contribution in [0.15, 0.2) is 73.2 Å². The van der Waals surface area contributed by atoms with Crippen LogP contribution in [0.2, 0.25) is 0 Å². The number of carbonyl (C=O) groups excluding carboxylic acids is 1. The fraction of sp³-hybridized carbons (Fsp3) is 0.130. The second-order valence-electron chi connectivity index (χ2n) is 7.15. The van der Waals surface area contributed by atoms with Crippen LogP contribution in [0.4, 0.5) is 24.7 Å². The molecule has 0 unspecified atom stereocenters. The molecule has 0 spiro atoms. The van der Waals surface area contributed by atoms with Gasteiger partial charge in [-0.3, -0.25) is 9.78 Å². The molecule has 0 atom stereocenters. The zero-order valence-electron chi connectivity index (χ0n) is 17.6. The summed E-state index contributed by atoms with van der Waals surface area (Å²) in [7, 11) is 0. The molecule has 1 aromatic carbocycles. The van der Waals surface area contributed by atoms with E-state index in [9.17, 15) is 18.0 Å². The van der Waals surface area contributed by atoms with Crippen molar-refractivity contribution in [3.8, 4) is 16.9 Å². The van der Waals surface area contributed by atoms with Crippen LogP contribution in [0.5, 0.6) is 0 Å². The first-order chi connectivity index (χ1) is 16.3. The third-order valence-corrected chi connectivity index (χ3v) is 4.77. The minimum atomic E-state index is -4.62. The number of aliphatic hydroxyl groups excluding tert-OH is 1. The van der Waals surface area contributed by atoms with Gasteiger partial charge in [-0.05, 0) is 54.6 Å². The van der Waals surface area contributed by atoms with E-state index in [1.54, 1.807) is 12.1 Å². The summed E-state index contributed by atoms with van der Waals surface area (Å²) in [5.41, 5.74) is 0.570. The van der Waals surface area contributed by atoms with Crippen LogP contribution in [-0.4, -0.2) is 43.9 Å². The third kappa shape index (κ3) is 5.21. The molecule has 0 bridgehead atoms. The fourth-order valence-electron chi connectivity index (χ4n) is 3.18. The summed E-state index contributed by atoms with van der Waals surface area (Å²) < 4.78 is 41.8. The topological polar surface area (TPSA) is 105 Å². The Bertz CT molecular complexity index is 1270. The first kappa shape index (κ1) is 22.9. The maximum Gasteiger partial charge on any atom is 0.433 e. The number of nitrogens with one attached hydrogen (secondary N) is 2. The van der Waals surface area contributed by atoms with Crippen molar-refractivity contribution < 1.29 is 23.1 Å². The van der Waals surface area contributed by atoms with Crippen molar-refractivity contribution in [2.24, 2.45) is 0 Å². The normalized spacial score (nSPS) is 11.3. The number of hydrogen-bond donors (Lipinski definition) is 3. The number of rotatable bonds is 7. The molecular formula is C23H19F3N6O2. The molecule has 34 heavy (non-hydrogen) atoms. The maximum atomic E-state index is 13.7. The summed E-state index contributed by atoms with van der Waals surface area (Å²) in [4.78, 5) is 20.5. The van der Waals surface area contributed by atoms with Crippen LogP contribution >= 0.6 is 0 Å². The standard InChI is InChI=1S/C23H19F3N6O2/c24-23(25,26)20-13-19(16-2-1-8-27-14-16)31-32(20)18-5-3-17(4-6-18)30-22(34)15-7-9-28-21(12-15)29-10-11-33/h1-9,12-14,33H,10-11H2,(H,28,29)(H,30,34). The van der Waals surface area contributed by atoms with E-state index in [0.29, 0.717) is 22.6 Å². The van der Waals surface area contributed by atoms with Crippen molar-refractivity contribution in [3.05, 3.63) is 84.4 Å². The molecule has 0 aliphatic carbocycles. The molecule has 3 N–H and O–H groups in total. The maximum absolute atomic E-state index is 13.7. The lowest BCUT2D eigenvalue weighted by Gasteiger charge is -2.11. The summed E-state index contributed by atoms with van der Waals surface area (Å²) in [5, 5.41) is 18.6. The number of alkyl halides is 3. The molecule has 8 nitrogen and oxygen atoms in total. The second kappa shape index (κ2) is 9.71. The highest BCUT2D eigenvalue weighted by Crippen LogP contribution is 2.34. The van der Waals surface area contributed by atoms with Gasteiger partial charge in [-0.25, -0.2) is 9.67 Å². The van der Waals surface area contributed by atoms with Crippen molar-refractivity contribution in [2.75, 3.05) is 23.8 Å². The van der Waals surface area contributed by atoms with Crippen molar-refractivity contribution >= 4 is 17.4 Å². The number of pyridine rings is 2. The highest BCUT2D eigenvalue weighted by Gasteiger charge is 2.36. The van der Waals surface area contributed by atoms with Crippen molar-refractivity contribution in [1.29, 1.82) is 0 Å². The average molecular weight is 468 g/mol. The van der Waals surface area contributed by atoms with Gasteiger partial charge in [0, 0.05) is 41.9 Å². The van der Waals surface area contributed by atoms with E-state index in [1.165, 1.54) is 55.0 Å². The molecule has 3 heterocycles. The number of hydrogen-bond acceptors (Lipinski definition) is 6. The second-order valence-corrected chi connectivity index (χ2v) is 7.15. The SMILES string of the molecule is O=C(Nc1ccc(-n2nc(-c3cccnc3)cc2C(F)(F)F)cc1)c1ccnc(NCCO)c1. The summed E-state index contributed by atoms with van der Waals surface area (Å²) in [5.74, 6) is 0.0102. The molecule has 0 saturated carbocycles. The number of carbonyl (C=O) groups is 1. The molecule has 4 aromatic rings. The number of aliphatic hydroxyl groups is 1. The van der Waals surface area contributed by atoms with E-state index in [0.717, 1.165) is 10.7 Å². The first-order valence-electron chi connectivity index (χ1n) is 10.2. The Labute approximate surface area is 192 Å². The van der Waals surface area contributed by atoms with Gasteiger partial charge in [0.05, 0.1) is 18.0 Å². The van der Waals surface area contributed by atoms with Gasteiger partial charge in [-0.15, -0.1) is 0 Å². The monoisotopic (exact) mass is 468 g/mol. The summed E-state index contributed by atoms with van der Waals surface area (Å²) in [6, 6.07) is 13.1. The molecular weight excluding hydrogens is 449 g/mol. The predicted octanol–water partition coefficient (Wildman–Crippen LogP) is 4.00. The summed E-state index contributed by atoms with van der Waals surface area (Å²) >= 11 is 0. The van der Waals surface area contributed by atoms with Crippen molar-refractivity contribution in [3.63, 3.8) is 0 Å². The van der Waals surface area contributed by atoms with E-state index in [-0.39, 0.29) is 24.5 Å². The van der Waals surface area contributed by atoms with Gasteiger partial charge in [0.1, 0.15) is 11.5 Å². The Hall–Kier alpha value is -4.25. The Morgan fingerprint density at radius 1 is 1.06 bits per heavy atom. The number of aromatic nitrogens is 4. The van der Waals surface area contributed by atoms with Gasteiger partial charge < -0.3 is 15.7 Å². The van der Waals surface area contributed by atoms with Crippen LogP contribution in [0.1, 0.15) is 16.1 Å². The van der Waals surface area contributed by atoms with Gasteiger partial charge in [0.15, 0.2) is 0 Å². The Morgan fingerprint density at radius 2 is 1.85 bits per heavy atom. The molecule has 1 amide bonds. The van der Waals surface area contributed by atoms with Gasteiger partial charge >= 0.3 is 6.18 Å². The first-order valence-corrected chi connectivity index (χ1v) is 10.2. The zero-order valence-corrected chi connectivity index (χ0v) is 17.6. The minimum absolute atomic E-state index is 0.0828. The third-order valence-electron chi connectivity index (χ3n) is 4.77.